The van der Waals surface area contributed by atoms with Gasteiger partial charge in [0, 0.05) is 31.6 Å². The van der Waals surface area contributed by atoms with Crippen molar-refractivity contribution in [2.75, 3.05) is 46.1 Å². The summed E-state index contributed by atoms with van der Waals surface area (Å²) in [7, 11) is 0. The van der Waals surface area contributed by atoms with Crippen LogP contribution in [0.4, 0.5) is 13.2 Å². The lowest BCUT2D eigenvalue weighted by atomic mass is 9.84. The molecule has 2 N–H and O–H groups in total. The van der Waals surface area contributed by atoms with Crippen LogP contribution in [0.15, 0.2) is 42.5 Å². The summed E-state index contributed by atoms with van der Waals surface area (Å²) in [6.07, 6.45) is 0.426. The number of ether oxygens (including phenoxy) is 1. The number of benzene rings is 2. The summed E-state index contributed by atoms with van der Waals surface area (Å²) in [4.78, 5) is 15.3. The number of rotatable bonds is 10. The molecule has 2 aliphatic rings. The minimum absolute atomic E-state index is 0.128. The number of hydrogen-bond donors (Lipinski definition) is 2. The molecule has 0 bridgehead atoms. The molecule has 0 aliphatic carbocycles. The van der Waals surface area contributed by atoms with Crippen LogP contribution in [0.25, 0.3) is 0 Å². The average Bonchev–Trinajstić information content (AvgIpc) is 2.81. The molecule has 0 radical (unpaired) electrons. The Morgan fingerprint density at radius 3 is 2.51 bits per heavy atom. The van der Waals surface area contributed by atoms with Crippen molar-refractivity contribution in [2.24, 2.45) is 5.92 Å². The molecule has 2 aromatic rings. The fraction of sp³-hybridized carbons (Fsp3) is 0.500. The van der Waals surface area contributed by atoms with E-state index in [0.29, 0.717) is 25.3 Å². The van der Waals surface area contributed by atoms with Crippen LogP contribution in [0.1, 0.15) is 40.0 Å². The maximum Gasteiger partial charge on any atom is 0.335 e. The standard InChI is InChI=1S/C26H31F3N2O4/c1-17-10-21-11-20(25(33)34)4-7-23(21)24(31(17)15-26(28,29)16-32)19-2-5-22(6-3-19)35-9-8-30-13-18(12-27)14-30/h2-7,11,17-18,24,32H,8-10,12-16H2,1H3,(H,33,34)/t17-,24-/m1/s1. The molecule has 0 saturated carbocycles. The van der Waals surface area contributed by atoms with Gasteiger partial charge in [0.15, 0.2) is 0 Å². The second-order valence-electron chi connectivity index (χ2n) is 9.56. The summed E-state index contributed by atoms with van der Waals surface area (Å²) in [5.41, 5.74) is 2.52. The molecule has 4 rings (SSSR count). The summed E-state index contributed by atoms with van der Waals surface area (Å²) >= 11 is 0. The maximum absolute atomic E-state index is 14.3. The lowest BCUT2D eigenvalue weighted by molar-refractivity contribution is -0.0862. The number of hydrogen-bond acceptors (Lipinski definition) is 5. The minimum atomic E-state index is -3.27. The number of aliphatic hydroxyl groups is 1. The number of fused-ring (bicyclic) bond motifs is 1. The summed E-state index contributed by atoms with van der Waals surface area (Å²) in [6, 6.07) is 11.2. The van der Waals surface area contributed by atoms with E-state index in [-0.39, 0.29) is 24.2 Å². The first-order valence-corrected chi connectivity index (χ1v) is 11.8. The van der Waals surface area contributed by atoms with Gasteiger partial charge >= 0.3 is 5.97 Å². The number of carbonyl (C=O) groups is 1. The molecule has 2 aromatic carbocycles. The average molecular weight is 493 g/mol. The molecule has 1 saturated heterocycles. The van der Waals surface area contributed by atoms with E-state index in [2.05, 4.69) is 4.90 Å². The Labute approximate surface area is 202 Å². The first-order chi connectivity index (χ1) is 16.7. The summed E-state index contributed by atoms with van der Waals surface area (Å²) < 4.78 is 46.9. The third-order valence-electron chi connectivity index (χ3n) is 6.87. The zero-order valence-electron chi connectivity index (χ0n) is 19.7. The van der Waals surface area contributed by atoms with Crippen molar-refractivity contribution in [2.45, 2.75) is 31.4 Å². The van der Waals surface area contributed by atoms with Gasteiger partial charge in [0.25, 0.3) is 5.92 Å². The minimum Gasteiger partial charge on any atom is -0.492 e. The second kappa shape index (κ2) is 10.6. The summed E-state index contributed by atoms with van der Waals surface area (Å²) in [5.74, 6) is -3.53. The molecule has 0 aromatic heterocycles. The van der Waals surface area contributed by atoms with Crippen molar-refractivity contribution in [3.63, 3.8) is 0 Å². The number of aliphatic hydroxyl groups excluding tert-OH is 1. The van der Waals surface area contributed by atoms with Gasteiger partial charge in [-0.25, -0.2) is 13.6 Å². The van der Waals surface area contributed by atoms with Gasteiger partial charge < -0.3 is 14.9 Å². The molecule has 9 heteroatoms. The predicted molar refractivity (Wildman–Crippen MR) is 125 cm³/mol. The molecule has 2 atom stereocenters. The highest BCUT2D eigenvalue weighted by molar-refractivity contribution is 5.88. The maximum atomic E-state index is 14.3. The quantitative estimate of drug-likeness (QED) is 0.528. The summed E-state index contributed by atoms with van der Waals surface area (Å²) in [6.45, 7) is 2.34. The van der Waals surface area contributed by atoms with Crippen molar-refractivity contribution in [1.82, 2.24) is 9.80 Å². The molecule has 0 amide bonds. The Morgan fingerprint density at radius 1 is 1.17 bits per heavy atom. The predicted octanol–water partition coefficient (Wildman–Crippen LogP) is 3.63. The molecule has 6 nitrogen and oxygen atoms in total. The Bertz CT molecular complexity index is 1030. The topological polar surface area (TPSA) is 73.2 Å². The second-order valence-corrected chi connectivity index (χ2v) is 9.56. The van der Waals surface area contributed by atoms with E-state index in [1.54, 1.807) is 29.2 Å². The van der Waals surface area contributed by atoms with Gasteiger partial charge in [0.05, 0.1) is 24.8 Å². The number of alkyl halides is 3. The number of halogens is 3. The normalized spacial score (nSPS) is 21.4. The van der Waals surface area contributed by atoms with Gasteiger partial charge in [0.2, 0.25) is 0 Å². The molecule has 0 unspecified atom stereocenters. The van der Waals surface area contributed by atoms with Gasteiger partial charge in [0.1, 0.15) is 19.0 Å². The molecule has 35 heavy (non-hydrogen) atoms. The van der Waals surface area contributed by atoms with Crippen LogP contribution in [-0.4, -0.2) is 84.0 Å². The highest BCUT2D eigenvalue weighted by atomic mass is 19.3. The number of carboxylic acids is 1. The van der Waals surface area contributed by atoms with Gasteiger partial charge in [-0.3, -0.25) is 14.2 Å². The van der Waals surface area contributed by atoms with E-state index in [9.17, 15) is 28.2 Å². The molecule has 190 valence electrons. The SMILES string of the molecule is C[C@@H]1Cc2cc(C(=O)O)ccc2[C@@H](c2ccc(OCCN3CC(CF)C3)cc2)N1CC(F)(F)CO. The van der Waals surface area contributed by atoms with Crippen LogP contribution in [0.3, 0.4) is 0 Å². The van der Waals surface area contributed by atoms with Crippen LogP contribution in [0, 0.1) is 5.92 Å². The van der Waals surface area contributed by atoms with Crippen LogP contribution >= 0.6 is 0 Å². The zero-order chi connectivity index (χ0) is 25.2. The zero-order valence-corrected chi connectivity index (χ0v) is 19.7. The summed E-state index contributed by atoms with van der Waals surface area (Å²) in [5, 5.41) is 18.6. The fourth-order valence-corrected chi connectivity index (χ4v) is 4.98. The molecular weight excluding hydrogens is 461 g/mol. The number of nitrogens with zero attached hydrogens (tertiary/aromatic N) is 2. The van der Waals surface area contributed by atoms with E-state index < -0.39 is 31.1 Å². The Morgan fingerprint density at radius 2 is 1.89 bits per heavy atom. The van der Waals surface area contributed by atoms with Gasteiger partial charge in [-0.15, -0.1) is 0 Å². The monoisotopic (exact) mass is 492 g/mol. The number of carboxylic acid groups (broad SMARTS) is 1. The van der Waals surface area contributed by atoms with Gasteiger partial charge in [-0.1, -0.05) is 18.2 Å². The fourth-order valence-electron chi connectivity index (χ4n) is 4.98. The first-order valence-electron chi connectivity index (χ1n) is 11.8. The molecule has 2 aliphatic heterocycles. The van der Waals surface area contributed by atoms with Crippen molar-refractivity contribution in [3.8, 4) is 5.75 Å². The Balaban J connectivity index is 1.54. The van der Waals surface area contributed by atoms with Crippen molar-refractivity contribution in [1.29, 1.82) is 0 Å². The highest BCUT2D eigenvalue weighted by Gasteiger charge is 2.40. The van der Waals surface area contributed by atoms with Crippen LogP contribution in [0.5, 0.6) is 5.75 Å². The smallest absolute Gasteiger partial charge is 0.335 e. The first kappa shape index (κ1) is 25.5. The third-order valence-corrected chi connectivity index (χ3v) is 6.87. The van der Waals surface area contributed by atoms with Crippen LogP contribution < -0.4 is 4.74 Å². The van der Waals surface area contributed by atoms with Crippen molar-refractivity contribution < 1.29 is 32.9 Å². The van der Waals surface area contributed by atoms with Gasteiger partial charge in [-0.2, -0.15) is 0 Å². The van der Waals surface area contributed by atoms with E-state index in [1.165, 1.54) is 6.07 Å². The van der Waals surface area contributed by atoms with E-state index in [0.717, 1.165) is 29.8 Å². The van der Waals surface area contributed by atoms with E-state index in [1.807, 2.05) is 19.1 Å². The van der Waals surface area contributed by atoms with Crippen LogP contribution in [0.2, 0.25) is 0 Å². The molecule has 2 heterocycles. The molecule has 1 fully saturated rings. The van der Waals surface area contributed by atoms with Gasteiger partial charge in [-0.05, 0) is 54.3 Å². The Kier molecular flexibility index (Phi) is 7.68. The number of aromatic carboxylic acids is 1. The van der Waals surface area contributed by atoms with Crippen molar-refractivity contribution in [3.05, 3.63) is 64.7 Å². The lowest BCUT2D eigenvalue weighted by Gasteiger charge is -2.43. The molecule has 0 spiro atoms. The third kappa shape index (κ3) is 5.79. The van der Waals surface area contributed by atoms with E-state index >= 15 is 0 Å². The van der Waals surface area contributed by atoms with E-state index in [4.69, 9.17) is 4.74 Å². The highest BCUT2D eigenvalue weighted by Crippen LogP contribution is 2.40. The van der Waals surface area contributed by atoms with Crippen LogP contribution in [-0.2, 0) is 6.42 Å². The van der Waals surface area contributed by atoms with Crippen molar-refractivity contribution >= 4 is 5.97 Å². The molecular formula is C26H31F3N2O4. The Hall–Kier alpha value is -2.62. The number of likely N-dealkylation sites (tertiary alicyclic amines) is 1. The largest absolute Gasteiger partial charge is 0.492 e. The lowest BCUT2D eigenvalue weighted by Crippen LogP contribution is -2.49.